The molecule has 2 aromatic heterocycles. The van der Waals surface area contributed by atoms with Crippen molar-refractivity contribution in [1.29, 1.82) is 0 Å². The maximum atomic E-state index is 12.4. The molecular formula is C21H21ClN4O. The lowest BCUT2D eigenvalue weighted by Crippen LogP contribution is -2.21. The Kier molecular flexibility index (Phi) is 6.04. The number of benzene rings is 1. The van der Waals surface area contributed by atoms with E-state index in [-0.39, 0.29) is 5.91 Å². The summed E-state index contributed by atoms with van der Waals surface area (Å²) in [6.07, 6.45) is 6.22. The number of hydrogen-bond acceptors (Lipinski definition) is 4. The van der Waals surface area contributed by atoms with Crippen LogP contribution in [0.2, 0.25) is 5.02 Å². The lowest BCUT2D eigenvalue weighted by Gasteiger charge is -2.19. The Morgan fingerprint density at radius 2 is 1.93 bits per heavy atom. The molecule has 0 aliphatic heterocycles. The summed E-state index contributed by atoms with van der Waals surface area (Å²) in [5, 5.41) is 3.44. The van der Waals surface area contributed by atoms with Gasteiger partial charge < -0.3 is 10.2 Å². The van der Waals surface area contributed by atoms with E-state index in [1.165, 1.54) is 5.56 Å². The molecule has 0 saturated heterocycles. The van der Waals surface area contributed by atoms with Gasteiger partial charge in [-0.25, -0.2) is 4.98 Å². The van der Waals surface area contributed by atoms with Crippen molar-refractivity contribution in [3.05, 3.63) is 82.9 Å². The highest BCUT2D eigenvalue weighted by atomic mass is 35.5. The quantitative estimate of drug-likeness (QED) is 0.689. The van der Waals surface area contributed by atoms with Gasteiger partial charge in [-0.2, -0.15) is 0 Å². The van der Waals surface area contributed by atoms with Crippen LogP contribution in [-0.2, 0) is 6.42 Å². The molecule has 1 N–H and O–H groups in total. The summed E-state index contributed by atoms with van der Waals surface area (Å²) in [5.74, 6) is -0.258. The number of rotatable bonds is 6. The fourth-order valence-corrected chi connectivity index (χ4v) is 2.81. The highest BCUT2D eigenvalue weighted by Gasteiger charge is 2.11. The first kappa shape index (κ1) is 18.9. The fourth-order valence-electron chi connectivity index (χ4n) is 2.64. The van der Waals surface area contributed by atoms with Crippen molar-refractivity contribution >= 4 is 28.9 Å². The lowest BCUT2D eigenvalue weighted by atomic mass is 10.2. The number of aryl methyl sites for hydroxylation is 1. The standard InChI is InChI=1S/C21H21ClN4O/c1-15-3-4-17(22)13-20(15)25-21(27)19-6-5-18(14-24-19)26(2)12-9-16-7-10-23-11-8-16/h3-8,10-11,13-14H,9,12H2,1-2H3,(H,25,27). The fraction of sp³-hybridized carbons (Fsp3) is 0.190. The molecule has 3 aromatic rings. The van der Waals surface area contributed by atoms with Crippen LogP contribution in [0.25, 0.3) is 0 Å². The van der Waals surface area contributed by atoms with E-state index in [1.54, 1.807) is 36.8 Å². The molecule has 5 nitrogen and oxygen atoms in total. The van der Waals surface area contributed by atoms with Crippen LogP contribution in [-0.4, -0.2) is 29.5 Å². The van der Waals surface area contributed by atoms with Crippen molar-refractivity contribution < 1.29 is 4.79 Å². The summed E-state index contributed by atoms with van der Waals surface area (Å²) in [6, 6.07) is 13.0. The minimum absolute atomic E-state index is 0.258. The number of halogens is 1. The van der Waals surface area contributed by atoms with Gasteiger partial charge in [0.1, 0.15) is 5.69 Å². The summed E-state index contributed by atoms with van der Waals surface area (Å²) in [5.41, 5.74) is 4.19. The Hall–Kier alpha value is -2.92. The molecule has 0 saturated carbocycles. The number of nitrogens with one attached hydrogen (secondary N) is 1. The van der Waals surface area contributed by atoms with Crippen molar-refractivity contribution in [3.8, 4) is 0 Å². The van der Waals surface area contributed by atoms with Gasteiger partial charge in [0.15, 0.2) is 0 Å². The lowest BCUT2D eigenvalue weighted by molar-refractivity contribution is 0.102. The predicted octanol–water partition coefficient (Wildman–Crippen LogP) is 4.37. The Morgan fingerprint density at radius 3 is 2.63 bits per heavy atom. The zero-order valence-corrected chi connectivity index (χ0v) is 16.1. The van der Waals surface area contributed by atoms with Gasteiger partial charge in [-0.3, -0.25) is 9.78 Å². The Labute approximate surface area is 164 Å². The first-order valence-electron chi connectivity index (χ1n) is 8.66. The van der Waals surface area contributed by atoms with Gasteiger partial charge in [-0.05, 0) is 60.9 Å². The molecule has 0 bridgehead atoms. The number of anilines is 2. The van der Waals surface area contributed by atoms with E-state index in [0.29, 0.717) is 16.4 Å². The Balaban J connectivity index is 1.62. The number of aromatic nitrogens is 2. The van der Waals surface area contributed by atoms with Crippen LogP contribution in [0.1, 0.15) is 21.6 Å². The summed E-state index contributed by atoms with van der Waals surface area (Å²) in [7, 11) is 2.01. The third kappa shape index (κ3) is 5.05. The maximum absolute atomic E-state index is 12.4. The van der Waals surface area contributed by atoms with E-state index in [2.05, 4.69) is 20.2 Å². The molecule has 1 aromatic carbocycles. The molecule has 2 heterocycles. The van der Waals surface area contributed by atoms with E-state index in [4.69, 9.17) is 11.6 Å². The smallest absolute Gasteiger partial charge is 0.274 e. The van der Waals surface area contributed by atoms with Crippen LogP contribution in [0.4, 0.5) is 11.4 Å². The zero-order valence-electron chi connectivity index (χ0n) is 15.3. The normalized spacial score (nSPS) is 10.5. The highest BCUT2D eigenvalue weighted by Crippen LogP contribution is 2.21. The molecule has 1 amide bonds. The predicted molar refractivity (Wildman–Crippen MR) is 110 cm³/mol. The van der Waals surface area contributed by atoms with Crippen molar-refractivity contribution in [2.24, 2.45) is 0 Å². The van der Waals surface area contributed by atoms with Gasteiger partial charge in [0.25, 0.3) is 5.91 Å². The first-order chi connectivity index (χ1) is 13.0. The van der Waals surface area contributed by atoms with Gasteiger partial charge in [0, 0.05) is 36.7 Å². The summed E-state index contributed by atoms with van der Waals surface area (Å²) in [4.78, 5) is 22.9. The van der Waals surface area contributed by atoms with Gasteiger partial charge in [-0.15, -0.1) is 0 Å². The molecular weight excluding hydrogens is 360 g/mol. The highest BCUT2D eigenvalue weighted by molar-refractivity contribution is 6.31. The third-order valence-electron chi connectivity index (χ3n) is 4.35. The minimum Gasteiger partial charge on any atom is -0.373 e. The SMILES string of the molecule is Cc1ccc(Cl)cc1NC(=O)c1ccc(N(C)CCc2ccncc2)cn1. The molecule has 138 valence electrons. The van der Waals surface area contributed by atoms with Gasteiger partial charge in [0.05, 0.1) is 11.9 Å². The van der Waals surface area contributed by atoms with Gasteiger partial charge in [0.2, 0.25) is 0 Å². The monoisotopic (exact) mass is 380 g/mol. The number of likely N-dealkylation sites (N-methyl/N-ethyl adjacent to an activating group) is 1. The molecule has 0 aliphatic rings. The molecule has 0 spiro atoms. The van der Waals surface area contributed by atoms with Crippen LogP contribution >= 0.6 is 11.6 Å². The number of nitrogens with zero attached hydrogens (tertiary/aromatic N) is 3. The topological polar surface area (TPSA) is 58.1 Å². The number of pyridine rings is 2. The molecule has 0 aliphatic carbocycles. The average Bonchev–Trinajstić information content (AvgIpc) is 2.70. The molecule has 0 atom stereocenters. The zero-order chi connectivity index (χ0) is 19.2. The van der Waals surface area contributed by atoms with Crippen LogP contribution in [0.5, 0.6) is 0 Å². The average molecular weight is 381 g/mol. The van der Waals surface area contributed by atoms with Crippen molar-refractivity contribution in [3.63, 3.8) is 0 Å². The largest absolute Gasteiger partial charge is 0.373 e. The molecule has 27 heavy (non-hydrogen) atoms. The van der Waals surface area contributed by atoms with Crippen molar-refractivity contribution in [2.75, 3.05) is 23.8 Å². The Bertz CT molecular complexity index is 913. The van der Waals surface area contributed by atoms with Gasteiger partial charge >= 0.3 is 0 Å². The summed E-state index contributed by atoms with van der Waals surface area (Å²) < 4.78 is 0. The second-order valence-electron chi connectivity index (χ2n) is 6.34. The third-order valence-corrected chi connectivity index (χ3v) is 4.59. The second-order valence-corrected chi connectivity index (χ2v) is 6.78. The molecule has 6 heteroatoms. The van der Waals surface area contributed by atoms with E-state index in [9.17, 15) is 4.79 Å². The van der Waals surface area contributed by atoms with E-state index < -0.39 is 0 Å². The first-order valence-corrected chi connectivity index (χ1v) is 9.04. The number of carbonyl (C=O) groups is 1. The van der Waals surface area contributed by atoms with Crippen LogP contribution in [0, 0.1) is 6.92 Å². The number of carbonyl (C=O) groups excluding carboxylic acids is 1. The summed E-state index contributed by atoms with van der Waals surface area (Å²) >= 11 is 6.00. The van der Waals surface area contributed by atoms with E-state index >= 15 is 0 Å². The van der Waals surface area contributed by atoms with Crippen LogP contribution in [0.3, 0.4) is 0 Å². The maximum Gasteiger partial charge on any atom is 0.274 e. The minimum atomic E-state index is -0.258. The Morgan fingerprint density at radius 1 is 1.15 bits per heavy atom. The van der Waals surface area contributed by atoms with E-state index in [0.717, 1.165) is 24.2 Å². The summed E-state index contributed by atoms with van der Waals surface area (Å²) in [6.45, 7) is 2.76. The van der Waals surface area contributed by atoms with E-state index in [1.807, 2.05) is 38.2 Å². The number of amides is 1. The van der Waals surface area contributed by atoms with Crippen molar-refractivity contribution in [2.45, 2.75) is 13.3 Å². The molecule has 3 rings (SSSR count). The van der Waals surface area contributed by atoms with Crippen molar-refractivity contribution in [1.82, 2.24) is 9.97 Å². The molecule has 0 radical (unpaired) electrons. The molecule has 0 fully saturated rings. The number of hydrogen-bond donors (Lipinski definition) is 1. The van der Waals surface area contributed by atoms with Crippen LogP contribution < -0.4 is 10.2 Å². The second kappa shape index (κ2) is 8.64. The molecule has 0 unspecified atom stereocenters. The van der Waals surface area contributed by atoms with Gasteiger partial charge in [-0.1, -0.05) is 17.7 Å². The van der Waals surface area contributed by atoms with Crippen LogP contribution in [0.15, 0.2) is 61.1 Å².